The van der Waals surface area contributed by atoms with Crippen LogP contribution in [0.5, 0.6) is 0 Å². The molecule has 14 heteroatoms. The van der Waals surface area contributed by atoms with E-state index < -0.39 is 78.5 Å². The topological polar surface area (TPSA) is 212 Å². The predicted molar refractivity (Wildman–Crippen MR) is 256 cm³/mol. The zero-order valence-electron chi connectivity index (χ0n) is 40.2. The molecule has 378 valence electrons. The van der Waals surface area contributed by atoms with E-state index in [1.165, 1.54) is 160 Å². The summed E-state index contributed by atoms with van der Waals surface area (Å²) in [4.78, 5) is 13.1. The summed E-state index contributed by atoms with van der Waals surface area (Å²) in [5.41, 5.74) is 0. The van der Waals surface area contributed by atoms with E-state index in [1.54, 1.807) is 6.08 Å². The maximum absolute atomic E-state index is 13.1. The molecule has 1 saturated heterocycles. The highest BCUT2D eigenvalue weighted by Crippen LogP contribution is 2.26. The number of nitrogens with one attached hydrogen (secondary N) is 1. The van der Waals surface area contributed by atoms with E-state index in [9.17, 15) is 43.3 Å². The Bertz CT molecular complexity index is 1250. The highest BCUT2D eigenvalue weighted by molar-refractivity contribution is 7.80. The number of carbonyl (C=O) groups excluding carboxylic acids is 1. The van der Waals surface area contributed by atoms with E-state index in [0.717, 1.165) is 38.5 Å². The van der Waals surface area contributed by atoms with Crippen LogP contribution in [0.15, 0.2) is 24.3 Å². The second-order valence-electron chi connectivity index (χ2n) is 18.3. The summed E-state index contributed by atoms with van der Waals surface area (Å²) >= 11 is 0. The average Bonchev–Trinajstić information content (AvgIpc) is 3.27. The first-order valence-corrected chi connectivity index (χ1v) is 27.2. The normalized spacial score (nSPS) is 20.9. The van der Waals surface area contributed by atoms with Crippen molar-refractivity contribution in [1.29, 1.82) is 0 Å². The summed E-state index contributed by atoms with van der Waals surface area (Å²) in [6.45, 7) is 3.23. The smallest absolute Gasteiger partial charge is 0.394 e. The molecular weight excluding hydrogens is 839 g/mol. The van der Waals surface area contributed by atoms with Gasteiger partial charge < -0.3 is 40.3 Å². The van der Waals surface area contributed by atoms with E-state index in [0.29, 0.717) is 12.8 Å². The molecular formula is C50H95NO12S. The summed E-state index contributed by atoms with van der Waals surface area (Å²) < 4.78 is 47.6. The molecule has 1 amide bonds. The first-order valence-electron chi connectivity index (χ1n) is 25.8. The fourth-order valence-corrected chi connectivity index (χ4v) is 8.75. The second-order valence-corrected chi connectivity index (χ2v) is 19.3. The molecule has 8 atom stereocenters. The van der Waals surface area contributed by atoms with Crippen LogP contribution in [0.4, 0.5) is 0 Å². The van der Waals surface area contributed by atoms with Gasteiger partial charge in [0, 0.05) is 0 Å². The molecule has 0 aromatic carbocycles. The Labute approximate surface area is 389 Å². The molecule has 0 aromatic heterocycles. The SMILES string of the molecule is CCCCCCCCCCCCCCCC/C=C/CC/C=C/C(O)C(COC1OC(CO)C(O)C(OS(=O)(=O)O)C1O)NC(=O)C(O)CCCCCCCCCCCCCCCCC. The molecule has 64 heavy (non-hydrogen) atoms. The summed E-state index contributed by atoms with van der Waals surface area (Å²) in [7, 11) is -5.12. The lowest BCUT2D eigenvalue weighted by molar-refractivity contribution is -0.298. The maximum atomic E-state index is 13.1. The molecule has 1 rings (SSSR count). The van der Waals surface area contributed by atoms with Crippen LogP contribution in [-0.4, -0.2) is 107 Å². The van der Waals surface area contributed by atoms with Gasteiger partial charge in [-0.25, -0.2) is 4.18 Å². The van der Waals surface area contributed by atoms with Gasteiger partial charge in [0.15, 0.2) is 6.29 Å². The van der Waals surface area contributed by atoms with Crippen LogP contribution in [0, 0.1) is 0 Å². The second kappa shape index (κ2) is 40.6. The largest absolute Gasteiger partial charge is 0.397 e. The van der Waals surface area contributed by atoms with Crippen molar-refractivity contribution in [3.05, 3.63) is 24.3 Å². The molecule has 0 saturated carbocycles. The zero-order valence-corrected chi connectivity index (χ0v) is 41.0. The van der Waals surface area contributed by atoms with Crippen LogP contribution >= 0.6 is 0 Å². The summed E-state index contributed by atoms with van der Waals surface area (Å²) in [5, 5.41) is 55.3. The number of ether oxygens (including phenoxy) is 2. The van der Waals surface area contributed by atoms with Gasteiger partial charge in [-0.1, -0.05) is 218 Å². The Balaban J connectivity index is 2.54. The van der Waals surface area contributed by atoms with Crippen molar-refractivity contribution in [3.8, 4) is 0 Å². The van der Waals surface area contributed by atoms with E-state index in [-0.39, 0.29) is 6.42 Å². The van der Waals surface area contributed by atoms with Gasteiger partial charge in [0.05, 0.1) is 25.4 Å². The molecule has 8 unspecified atom stereocenters. The highest BCUT2D eigenvalue weighted by Gasteiger charge is 2.48. The van der Waals surface area contributed by atoms with Crippen molar-refractivity contribution in [2.45, 2.75) is 275 Å². The monoisotopic (exact) mass is 934 g/mol. The van der Waals surface area contributed by atoms with Crippen molar-refractivity contribution in [1.82, 2.24) is 5.32 Å². The minimum atomic E-state index is -5.12. The lowest BCUT2D eigenvalue weighted by Gasteiger charge is -2.41. The molecule has 13 nitrogen and oxygen atoms in total. The van der Waals surface area contributed by atoms with Crippen molar-refractivity contribution < 1.29 is 57.0 Å². The lowest BCUT2D eigenvalue weighted by Crippen LogP contribution is -2.61. The molecule has 0 bridgehead atoms. The van der Waals surface area contributed by atoms with E-state index >= 15 is 0 Å². The van der Waals surface area contributed by atoms with Crippen LogP contribution < -0.4 is 5.32 Å². The first-order chi connectivity index (χ1) is 30.9. The van der Waals surface area contributed by atoms with E-state index in [2.05, 4.69) is 35.5 Å². The number of amides is 1. The Hall–Kier alpha value is -1.46. The highest BCUT2D eigenvalue weighted by atomic mass is 32.3. The summed E-state index contributed by atoms with van der Waals surface area (Å²) in [6.07, 6.45) is 35.4. The number of rotatable bonds is 44. The van der Waals surface area contributed by atoms with Crippen LogP contribution in [0.1, 0.15) is 226 Å². The van der Waals surface area contributed by atoms with E-state index in [4.69, 9.17) is 9.47 Å². The molecule has 1 aliphatic rings. The summed E-state index contributed by atoms with van der Waals surface area (Å²) in [6, 6.07) is -1.13. The average molecular weight is 934 g/mol. The zero-order chi connectivity index (χ0) is 47.1. The predicted octanol–water partition coefficient (Wildman–Crippen LogP) is 9.86. The number of hydrogen-bond acceptors (Lipinski definition) is 11. The number of aliphatic hydroxyl groups is 5. The van der Waals surface area contributed by atoms with Crippen molar-refractivity contribution in [3.63, 3.8) is 0 Å². The minimum Gasteiger partial charge on any atom is -0.394 e. The fraction of sp³-hybridized carbons (Fsp3) is 0.900. The first kappa shape index (κ1) is 60.6. The van der Waals surface area contributed by atoms with Crippen molar-refractivity contribution >= 4 is 16.3 Å². The van der Waals surface area contributed by atoms with Gasteiger partial charge >= 0.3 is 10.4 Å². The quantitative estimate of drug-likeness (QED) is 0.0173. The number of carbonyl (C=O) groups is 1. The van der Waals surface area contributed by atoms with Gasteiger partial charge in [0.2, 0.25) is 5.91 Å². The van der Waals surface area contributed by atoms with Gasteiger partial charge in [0.25, 0.3) is 0 Å². The van der Waals surface area contributed by atoms with Crippen molar-refractivity contribution in [2.75, 3.05) is 13.2 Å². The number of hydrogen-bond donors (Lipinski definition) is 7. The molecule has 0 spiro atoms. The molecule has 7 N–H and O–H groups in total. The van der Waals surface area contributed by atoms with Crippen LogP contribution in [0.25, 0.3) is 0 Å². The van der Waals surface area contributed by atoms with Gasteiger partial charge in [-0.2, -0.15) is 8.42 Å². The number of allylic oxidation sites excluding steroid dienone is 3. The Morgan fingerprint density at radius 3 is 1.50 bits per heavy atom. The van der Waals surface area contributed by atoms with Gasteiger partial charge in [0.1, 0.15) is 30.5 Å². The van der Waals surface area contributed by atoms with Gasteiger partial charge in [-0.05, 0) is 32.1 Å². The molecule has 1 aliphatic heterocycles. The fourth-order valence-electron chi connectivity index (χ4n) is 8.24. The van der Waals surface area contributed by atoms with E-state index in [1.807, 2.05) is 0 Å². The van der Waals surface area contributed by atoms with Gasteiger partial charge in [-0.3, -0.25) is 9.35 Å². The maximum Gasteiger partial charge on any atom is 0.397 e. The Morgan fingerprint density at radius 1 is 0.625 bits per heavy atom. The molecule has 1 heterocycles. The third-order valence-electron chi connectivity index (χ3n) is 12.3. The van der Waals surface area contributed by atoms with Crippen molar-refractivity contribution in [2.24, 2.45) is 0 Å². The molecule has 0 aromatic rings. The van der Waals surface area contributed by atoms with Gasteiger partial charge in [-0.15, -0.1) is 0 Å². The third-order valence-corrected chi connectivity index (χ3v) is 12.8. The summed E-state index contributed by atoms with van der Waals surface area (Å²) in [5.74, 6) is -0.709. The molecule has 0 aliphatic carbocycles. The lowest BCUT2D eigenvalue weighted by atomic mass is 9.99. The van der Waals surface area contributed by atoms with Crippen LogP contribution in [0.2, 0.25) is 0 Å². The third kappa shape index (κ3) is 32.3. The Kier molecular flexibility index (Phi) is 38.4. The van der Waals surface area contributed by atoms with Crippen LogP contribution in [0.3, 0.4) is 0 Å². The standard InChI is InChI=1S/C50H95NO12S/c1-3-5-7-9-11-13-15-17-19-20-21-22-23-25-26-28-30-32-34-36-38-43(53)42(41-61-50-47(56)48(63-64(58,59)60)46(55)45(40-52)62-50)51-49(57)44(54)39-37-35-33-31-29-27-24-18-16-14-12-10-8-6-4-2/h28,30,36,38,42-48,50,52-56H,3-27,29,31-35,37,39-41H2,1-2H3,(H,51,57)(H,58,59,60)/b30-28+,38-36+. The van der Waals surface area contributed by atoms with Crippen LogP contribution in [-0.2, 0) is 28.9 Å². The minimum absolute atomic E-state index is 0.241. The number of aliphatic hydroxyl groups excluding tert-OH is 5. The number of unbranched alkanes of at least 4 members (excludes halogenated alkanes) is 29. The molecule has 0 radical (unpaired) electrons. The Morgan fingerprint density at radius 2 is 1.05 bits per heavy atom. The molecule has 1 fully saturated rings.